The SMILES string of the molecule is CC(C)(C)OC(=O)N1CCc2cccc3c2C(C1)OCC3. The second-order valence-corrected chi connectivity index (χ2v) is 6.78. The van der Waals surface area contributed by atoms with E-state index >= 15 is 0 Å². The smallest absolute Gasteiger partial charge is 0.410 e. The topological polar surface area (TPSA) is 38.8 Å². The third kappa shape index (κ3) is 3.05. The monoisotopic (exact) mass is 289 g/mol. The van der Waals surface area contributed by atoms with Gasteiger partial charge < -0.3 is 14.4 Å². The van der Waals surface area contributed by atoms with E-state index in [-0.39, 0.29) is 12.2 Å². The van der Waals surface area contributed by atoms with Crippen LogP contribution < -0.4 is 0 Å². The fourth-order valence-corrected chi connectivity index (χ4v) is 3.09. The molecule has 1 aromatic rings. The van der Waals surface area contributed by atoms with E-state index < -0.39 is 5.60 Å². The van der Waals surface area contributed by atoms with Crippen molar-refractivity contribution in [3.63, 3.8) is 0 Å². The number of hydrogen-bond acceptors (Lipinski definition) is 3. The van der Waals surface area contributed by atoms with E-state index in [4.69, 9.17) is 9.47 Å². The average molecular weight is 289 g/mol. The summed E-state index contributed by atoms with van der Waals surface area (Å²) in [5.74, 6) is 0. The van der Waals surface area contributed by atoms with Gasteiger partial charge in [-0.2, -0.15) is 0 Å². The third-order valence-electron chi connectivity index (χ3n) is 3.99. The summed E-state index contributed by atoms with van der Waals surface area (Å²) in [6.45, 7) is 7.68. The van der Waals surface area contributed by atoms with Crippen molar-refractivity contribution >= 4 is 6.09 Å². The molecule has 4 heteroatoms. The van der Waals surface area contributed by atoms with Crippen LogP contribution in [-0.2, 0) is 22.3 Å². The van der Waals surface area contributed by atoms with Gasteiger partial charge in [0.25, 0.3) is 0 Å². The van der Waals surface area contributed by atoms with E-state index in [1.165, 1.54) is 16.7 Å². The number of carbonyl (C=O) groups excluding carboxylic acids is 1. The molecule has 0 aromatic heterocycles. The number of nitrogens with zero attached hydrogens (tertiary/aromatic N) is 1. The molecular weight excluding hydrogens is 266 g/mol. The Hall–Kier alpha value is -1.55. The molecule has 0 saturated carbocycles. The maximum Gasteiger partial charge on any atom is 0.410 e. The van der Waals surface area contributed by atoms with Crippen molar-refractivity contribution in [2.24, 2.45) is 0 Å². The minimum absolute atomic E-state index is 0.0139. The van der Waals surface area contributed by atoms with E-state index in [9.17, 15) is 4.79 Å². The zero-order chi connectivity index (χ0) is 15.0. The fourth-order valence-electron chi connectivity index (χ4n) is 3.09. The van der Waals surface area contributed by atoms with Crippen LogP contribution in [-0.4, -0.2) is 36.3 Å². The highest BCUT2D eigenvalue weighted by Gasteiger charge is 2.32. The Morgan fingerprint density at radius 2 is 2.00 bits per heavy atom. The molecule has 0 saturated heterocycles. The summed E-state index contributed by atoms with van der Waals surface area (Å²) in [7, 11) is 0. The van der Waals surface area contributed by atoms with Gasteiger partial charge in [0.05, 0.1) is 13.2 Å². The lowest BCUT2D eigenvalue weighted by atomic mass is 9.92. The Balaban J connectivity index is 1.83. The maximum atomic E-state index is 12.3. The highest BCUT2D eigenvalue weighted by atomic mass is 16.6. The first kappa shape index (κ1) is 14.4. The van der Waals surface area contributed by atoms with Crippen molar-refractivity contribution in [1.82, 2.24) is 4.90 Å². The van der Waals surface area contributed by atoms with E-state index in [1.54, 1.807) is 4.90 Å². The first-order valence-electron chi connectivity index (χ1n) is 7.64. The van der Waals surface area contributed by atoms with Gasteiger partial charge in [0, 0.05) is 6.54 Å². The second kappa shape index (κ2) is 5.34. The van der Waals surface area contributed by atoms with Gasteiger partial charge in [0.2, 0.25) is 0 Å². The standard InChI is InChI=1S/C17H23NO3/c1-17(2,3)21-16(19)18-9-7-12-5-4-6-13-8-10-20-14(11-18)15(12)13/h4-6,14H,7-11H2,1-3H3. The zero-order valence-electron chi connectivity index (χ0n) is 13.0. The summed E-state index contributed by atoms with van der Waals surface area (Å²) in [4.78, 5) is 14.1. The summed E-state index contributed by atoms with van der Waals surface area (Å²) in [6.07, 6.45) is 1.57. The normalized spacial score (nSPS) is 21.5. The van der Waals surface area contributed by atoms with Crippen LogP contribution in [0.25, 0.3) is 0 Å². The van der Waals surface area contributed by atoms with Gasteiger partial charge >= 0.3 is 6.09 Å². The quantitative estimate of drug-likeness (QED) is 0.736. The molecule has 2 heterocycles. The lowest BCUT2D eigenvalue weighted by molar-refractivity contribution is -0.00447. The number of benzene rings is 1. The van der Waals surface area contributed by atoms with Crippen LogP contribution in [0.4, 0.5) is 4.79 Å². The molecule has 1 atom stereocenters. The number of carbonyl (C=O) groups is 1. The number of hydrogen-bond donors (Lipinski definition) is 0. The molecule has 1 amide bonds. The Morgan fingerprint density at radius 1 is 1.29 bits per heavy atom. The van der Waals surface area contributed by atoms with Crippen LogP contribution >= 0.6 is 0 Å². The van der Waals surface area contributed by atoms with Crippen molar-refractivity contribution in [3.8, 4) is 0 Å². The van der Waals surface area contributed by atoms with Crippen LogP contribution in [0.3, 0.4) is 0 Å². The number of rotatable bonds is 0. The largest absolute Gasteiger partial charge is 0.444 e. The molecule has 0 radical (unpaired) electrons. The van der Waals surface area contributed by atoms with Gasteiger partial charge in [-0.1, -0.05) is 18.2 Å². The molecule has 0 aliphatic carbocycles. The van der Waals surface area contributed by atoms with Gasteiger partial charge in [0.1, 0.15) is 11.7 Å². The molecule has 4 nitrogen and oxygen atoms in total. The van der Waals surface area contributed by atoms with Gasteiger partial charge in [0.15, 0.2) is 0 Å². The lowest BCUT2D eigenvalue weighted by Crippen LogP contribution is -2.40. The number of ether oxygens (including phenoxy) is 2. The highest BCUT2D eigenvalue weighted by Crippen LogP contribution is 2.33. The predicted molar refractivity (Wildman–Crippen MR) is 80.4 cm³/mol. The first-order chi connectivity index (χ1) is 9.94. The van der Waals surface area contributed by atoms with Crippen molar-refractivity contribution in [3.05, 3.63) is 34.9 Å². The summed E-state index contributed by atoms with van der Waals surface area (Å²) < 4.78 is 11.4. The summed E-state index contributed by atoms with van der Waals surface area (Å²) in [5, 5.41) is 0. The fraction of sp³-hybridized carbons (Fsp3) is 0.588. The molecule has 0 bridgehead atoms. The highest BCUT2D eigenvalue weighted by molar-refractivity contribution is 5.68. The van der Waals surface area contributed by atoms with Crippen molar-refractivity contribution < 1.29 is 14.3 Å². The maximum absolute atomic E-state index is 12.3. The Labute approximate surface area is 126 Å². The van der Waals surface area contributed by atoms with Crippen LogP contribution in [0.15, 0.2) is 18.2 Å². The van der Waals surface area contributed by atoms with E-state index in [0.29, 0.717) is 13.1 Å². The Morgan fingerprint density at radius 3 is 2.71 bits per heavy atom. The molecule has 1 unspecified atom stereocenters. The van der Waals surface area contributed by atoms with Gasteiger partial charge in [-0.15, -0.1) is 0 Å². The molecule has 2 aliphatic rings. The van der Waals surface area contributed by atoms with Crippen LogP contribution in [0, 0.1) is 0 Å². The van der Waals surface area contributed by atoms with Gasteiger partial charge in [-0.3, -0.25) is 0 Å². The molecule has 2 aliphatic heterocycles. The first-order valence-corrected chi connectivity index (χ1v) is 7.64. The summed E-state index contributed by atoms with van der Waals surface area (Å²) in [5.41, 5.74) is 3.52. The molecule has 0 N–H and O–H groups in total. The van der Waals surface area contributed by atoms with Gasteiger partial charge in [-0.25, -0.2) is 4.79 Å². The Bertz CT molecular complexity index is 547. The third-order valence-corrected chi connectivity index (χ3v) is 3.99. The average Bonchev–Trinajstić information content (AvgIpc) is 2.59. The van der Waals surface area contributed by atoms with Gasteiger partial charge in [-0.05, 0) is 50.3 Å². The Kier molecular flexibility index (Phi) is 3.66. The molecular formula is C17H23NO3. The second-order valence-electron chi connectivity index (χ2n) is 6.78. The van der Waals surface area contributed by atoms with Crippen molar-refractivity contribution in [1.29, 1.82) is 0 Å². The van der Waals surface area contributed by atoms with Crippen LogP contribution in [0.5, 0.6) is 0 Å². The molecule has 0 spiro atoms. The van der Waals surface area contributed by atoms with Crippen LogP contribution in [0.1, 0.15) is 43.6 Å². The van der Waals surface area contributed by atoms with Crippen molar-refractivity contribution in [2.45, 2.75) is 45.3 Å². The molecule has 1 aromatic carbocycles. The minimum atomic E-state index is -0.463. The van der Waals surface area contributed by atoms with Crippen molar-refractivity contribution in [2.75, 3.05) is 19.7 Å². The predicted octanol–water partition coefficient (Wildman–Crippen LogP) is 3.09. The summed E-state index contributed by atoms with van der Waals surface area (Å²) in [6, 6.07) is 6.44. The molecule has 3 rings (SSSR count). The van der Waals surface area contributed by atoms with E-state index in [0.717, 1.165) is 19.4 Å². The molecule has 21 heavy (non-hydrogen) atoms. The molecule has 0 fully saturated rings. The lowest BCUT2D eigenvalue weighted by Gasteiger charge is -2.30. The molecule has 114 valence electrons. The number of amides is 1. The minimum Gasteiger partial charge on any atom is -0.444 e. The summed E-state index contributed by atoms with van der Waals surface area (Å²) >= 11 is 0. The van der Waals surface area contributed by atoms with Crippen LogP contribution in [0.2, 0.25) is 0 Å². The van der Waals surface area contributed by atoms with E-state index in [2.05, 4.69) is 18.2 Å². The zero-order valence-corrected chi connectivity index (χ0v) is 13.0. The van der Waals surface area contributed by atoms with E-state index in [1.807, 2.05) is 20.8 Å².